The number of carbonyl (C=O) groups is 1. The van der Waals surface area contributed by atoms with Crippen LogP contribution in [0.3, 0.4) is 0 Å². The Morgan fingerprint density at radius 1 is 0.970 bits per heavy atom. The number of carbonyl (C=O) groups excluding carboxylic acids is 1. The summed E-state index contributed by atoms with van der Waals surface area (Å²) in [5.41, 5.74) is 2.39. The zero-order chi connectivity index (χ0) is 23.8. The third-order valence-corrected chi connectivity index (χ3v) is 7.67. The second-order valence-electron chi connectivity index (χ2n) is 7.60. The monoisotopic (exact) mass is 486 g/mol. The topological polar surface area (TPSA) is 66.5 Å². The number of hydrogen-bond donors (Lipinski definition) is 1. The van der Waals surface area contributed by atoms with Crippen molar-refractivity contribution in [3.63, 3.8) is 0 Å². The van der Waals surface area contributed by atoms with Crippen molar-refractivity contribution in [3.8, 4) is 0 Å². The smallest absolute Gasteiger partial charge is 0.264 e. The molecule has 0 fully saturated rings. The van der Waals surface area contributed by atoms with Gasteiger partial charge in [-0.2, -0.15) is 0 Å². The molecule has 0 saturated carbocycles. The second kappa shape index (κ2) is 11.3. The van der Waals surface area contributed by atoms with Gasteiger partial charge < -0.3 is 5.32 Å². The van der Waals surface area contributed by atoms with Gasteiger partial charge in [0.1, 0.15) is 12.4 Å². The molecular weight excluding hydrogens is 459 g/mol. The van der Waals surface area contributed by atoms with Crippen LogP contribution in [-0.2, 0) is 21.2 Å². The van der Waals surface area contributed by atoms with Gasteiger partial charge in [-0.05, 0) is 80.1 Å². The minimum atomic E-state index is -3.94. The lowest BCUT2D eigenvalue weighted by atomic mass is 10.1. The number of hydrogen-bond acceptors (Lipinski definition) is 4. The van der Waals surface area contributed by atoms with Crippen LogP contribution in [0.15, 0.2) is 82.6 Å². The Hall–Kier alpha value is -2.84. The lowest BCUT2D eigenvalue weighted by Crippen LogP contribution is -2.41. The fourth-order valence-corrected chi connectivity index (χ4v) is 5.09. The van der Waals surface area contributed by atoms with E-state index in [1.165, 1.54) is 23.9 Å². The molecular formula is C25H27FN2O3S2. The number of thioether (sulfide) groups is 1. The van der Waals surface area contributed by atoms with E-state index in [2.05, 4.69) is 5.32 Å². The van der Waals surface area contributed by atoms with Crippen molar-refractivity contribution >= 4 is 33.4 Å². The highest BCUT2D eigenvalue weighted by Crippen LogP contribution is 2.25. The van der Waals surface area contributed by atoms with Crippen LogP contribution < -0.4 is 9.62 Å². The van der Waals surface area contributed by atoms with Gasteiger partial charge in [-0.3, -0.25) is 9.10 Å². The van der Waals surface area contributed by atoms with Crippen LogP contribution in [0.1, 0.15) is 17.5 Å². The number of nitrogens with zero attached hydrogens (tertiary/aromatic N) is 1. The SMILES string of the molecule is CSc1ccc(S(=O)(=O)N(CC(=O)NCCCc2ccc(F)cc2)c2ccc(C)cc2)cc1. The average Bonchev–Trinajstić information content (AvgIpc) is 2.82. The number of rotatable bonds is 10. The summed E-state index contributed by atoms with van der Waals surface area (Å²) >= 11 is 1.52. The lowest BCUT2D eigenvalue weighted by Gasteiger charge is -2.24. The number of benzene rings is 3. The van der Waals surface area contributed by atoms with Crippen LogP contribution >= 0.6 is 11.8 Å². The standard InChI is InChI=1S/C25H27FN2O3S2/c1-19-5-11-22(12-6-19)28(33(30,31)24-15-13-23(32-2)14-16-24)18-25(29)27-17-3-4-20-7-9-21(26)10-8-20/h5-16H,3-4,17-18H2,1-2H3,(H,27,29). The number of aryl methyl sites for hydroxylation is 2. The molecule has 1 N–H and O–H groups in total. The third-order valence-electron chi connectivity index (χ3n) is 5.13. The normalized spacial score (nSPS) is 11.2. The Kier molecular flexibility index (Phi) is 8.52. The molecule has 0 radical (unpaired) electrons. The fraction of sp³-hybridized carbons (Fsp3) is 0.240. The van der Waals surface area contributed by atoms with Crippen LogP contribution in [0.2, 0.25) is 0 Å². The summed E-state index contributed by atoms with van der Waals surface area (Å²) < 4.78 is 41.0. The maximum Gasteiger partial charge on any atom is 0.264 e. The van der Waals surface area contributed by atoms with E-state index in [9.17, 15) is 17.6 Å². The van der Waals surface area contributed by atoms with Crippen LogP contribution in [0.4, 0.5) is 10.1 Å². The molecule has 1 amide bonds. The Balaban J connectivity index is 1.70. The van der Waals surface area contributed by atoms with Crippen molar-refractivity contribution < 1.29 is 17.6 Å². The molecule has 0 aliphatic heterocycles. The highest BCUT2D eigenvalue weighted by Gasteiger charge is 2.27. The van der Waals surface area contributed by atoms with Gasteiger partial charge in [0, 0.05) is 11.4 Å². The van der Waals surface area contributed by atoms with E-state index in [1.54, 1.807) is 48.5 Å². The van der Waals surface area contributed by atoms with Crippen molar-refractivity contribution in [2.24, 2.45) is 0 Å². The summed E-state index contributed by atoms with van der Waals surface area (Å²) in [6.45, 7) is 1.98. The molecule has 0 heterocycles. The van der Waals surface area contributed by atoms with Crippen molar-refractivity contribution in [2.75, 3.05) is 23.7 Å². The first-order chi connectivity index (χ1) is 15.8. The highest BCUT2D eigenvalue weighted by atomic mass is 32.2. The molecule has 8 heteroatoms. The number of halogens is 1. The van der Waals surface area contributed by atoms with Crippen LogP contribution in [-0.4, -0.2) is 33.7 Å². The molecule has 3 rings (SSSR count). The van der Waals surface area contributed by atoms with Crippen LogP contribution in [0, 0.1) is 12.7 Å². The van der Waals surface area contributed by atoms with E-state index in [0.717, 1.165) is 20.3 Å². The van der Waals surface area contributed by atoms with Gasteiger partial charge in [0.15, 0.2) is 0 Å². The summed E-state index contributed by atoms with van der Waals surface area (Å²) in [4.78, 5) is 13.7. The highest BCUT2D eigenvalue weighted by molar-refractivity contribution is 7.98. The van der Waals surface area contributed by atoms with Crippen LogP contribution in [0.25, 0.3) is 0 Å². The molecule has 0 atom stereocenters. The van der Waals surface area contributed by atoms with Gasteiger partial charge in [-0.1, -0.05) is 29.8 Å². The minimum absolute atomic E-state index is 0.130. The molecule has 5 nitrogen and oxygen atoms in total. The zero-order valence-electron chi connectivity index (χ0n) is 18.6. The van der Waals surface area contributed by atoms with E-state index >= 15 is 0 Å². The van der Waals surface area contributed by atoms with Gasteiger partial charge >= 0.3 is 0 Å². The largest absolute Gasteiger partial charge is 0.355 e. The Labute approximate surface area is 199 Å². The molecule has 0 unspecified atom stereocenters. The maximum atomic E-state index is 13.4. The number of amides is 1. The zero-order valence-corrected chi connectivity index (χ0v) is 20.3. The number of sulfonamides is 1. The molecule has 0 aliphatic carbocycles. The summed E-state index contributed by atoms with van der Waals surface area (Å²) in [6.07, 6.45) is 3.26. The quantitative estimate of drug-likeness (QED) is 0.330. The minimum Gasteiger partial charge on any atom is -0.355 e. The van der Waals surface area contributed by atoms with Gasteiger partial charge in [0.25, 0.3) is 10.0 Å². The summed E-state index contributed by atoms with van der Waals surface area (Å²) in [5.74, 6) is -0.675. The number of anilines is 1. The Morgan fingerprint density at radius 3 is 2.21 bits per heavy atom. The Morgan fingerprint density at radius 2 is 1.61 bits per heavy atom. The fourth-order valence-electron chi connectivity index (χ4n) is 3.26. The van der Waals surface area contributed by atoms with Crippen molar-refractivity contribution in [3.05, 3.63) is 89.7 Å². The van der Waals surface area contributed by atoms with E-state index in [-0.39, 0.29) is 23.2 Å². The first-order valence-electron chi connectivity index (χ1n) is 10.5. The first kappa shape index (κ1) is 24.8. The average molecular weight is 487 g/mol. The first-order valence-corrected chi connectivity index (χ1v) is 13.2. The number of nitrogens with one attached hydrogen (secondary N) is 1. The lowest BCUT2D eigenvalue weighted by molar-refractivity contribution is -0.119. The molecule has 0 aliphatic rings. The molecule has 33 heavy (non-hydrogen) atoms. The summed E-state index contributed by atoms with van der Waals surface area (Å²) in [6, 6.07) is 19.9. The molecule has 3 aromatic carbocycles. The molecule has 174 valence electrons. The van der Waals surface area contributed by atoms with E-state index in [4.69, 9.17) is 0 Å². The van der Waals surface area contributed by atoms with Gasteiger partial charge in [0.2, 0.25) is 5.91 Å². The molecule has 3 aromatic rings. The van der Waals surface area contributed by atoms with E-state index < -0.39 is 10.0 Å². The molecule has 0 saturated heterocycles. The predicted octanol–water partition coefficient (Wildman–Crippen LogP) is 4.80. The van der Waals surface area contributed by atoms with Gasteiger partial charge in [0.05, 0.1) is 10.6 Å². The second-order valence-corrected chi connectivity index (χ2v) is 10.3. The van der Waals surface area contributed by atoms with Crippen molar-refractivity contribution in [1.82, 2.24) is 5.32 Å². The van der Waals surface area contributed by atoms with Crippen molar-refractivity contribution in [1.29, 1.82) is 0 Å². The van der Waals surface area contributed by atoms with Crippen molar-refractivity contribution in [2.45, 2.75) is 29.6 Å². The predicted molar refractivity (Wildman–Crippen MR) is 132 cm³/mol. The third kappa shape index (κ3) is 6.82. The van der Waals surface area contributed by atoms with E-state index in [1.807, 2.05) is 25.3 Å². The summed E-state index contributed by atoms with van der Waals surface area (Å²) in [5, 5.41) is 2.80. The molecule has 0 spiro atoms. The summed E-state index contributed by atoms with van der Waals surface area (Å²) in [7, 11) is -3.94. The van der Waals surface area contributed by atoms with Gasteiger partial charge in [-0.25, -0.2) is 12.8 Å². The maximum absolute atomic E-state index is 13.4. The van der Waals surface area contributed by atoms with Gasteiger partial charge in [-0.15, -0.1) is 11.8 Å². The molecule has 0 bridgehead atoms. The van der Waals surface area contributed by atoms with Crippen LogP contribution in [0.5, 0.6) is 0 Å². The van der Waals surface area contributed by atoms with E-state index in [0.29, 0.717) is 25.1 Å². The molecule has 0 aromatic heterocycles. The Bertz CT molecular complexity index is 1160.